The van der Waals surface area contributed by atoms with Gasteiger partial charge in [-0.1, -0.05) is 44.8 Å². The number of rotatable bonds is 5. The molecule has 3 rings (SSSR count). The highest BCUT2D eigenvalue weighted by Crippen LogP contribution is 2.37. The van der Waals surface area contributed by atoms with Gasteiger partial charge in [-0.3, -0.25) is 0 Å². The zero-order valence-electron chi connectivity index (χ0n) is 16.9. The highest BCUT2D eigenvalue weighted by molar-refractivity contribution is 7.89. The largest absolute Gasteiger partial charge is 0.399 e. The Morgan fingerprint density at radius 1 is 1.07 bits per heavy atom. The van der Waals surface area contributed by atoms with Crippen LogP contribution in [0.1, 0.15) is 59.3 Å². The van der Waals surface area contributed by atoms with Crippen molar-refractivity contribution < 1.29 is 8.42 Å². The molecule has 27 heavy (non-hydrogen) atoms. The van der Waals surface area contributed by atoms with Crippen LogP contribution in [0.25, 0.3) is 0 Å². The van der Waals surface area contributed by atoms with Crippen LogP contribution >= 0.6 is 0 Å². The van der Waals surface area contributed by atoms with Crippen LogP contribution in [0, 0.1) is 17.8 Å². The fourth-order valence-electron chi connectivity index (χ4n) is 4.96. The van der Waals surface area contributed by atoms with Gasteiger partial charge in [0.1, 0.15) is 0 Å². The minimum Gasteiger partial charge on any atom is -0.399 e. The first-order valence-corrected chi connectivity index (χ1v) is 11.8. The Hall–Kier alpha value is -1.33. The number of hydrogen-bond acceptors (Lipinski definition) is 3. The monoisotopic (exact) mass is 390 g/mol. The Morgan fingerprint density at radius 2 is 1.70 bits per heavy atom. The molecule has 0 heterocycles. The second-order valence-electron chi connectivity index (χ2n) is 8.65. The molecule has 150 valence electrons. The Balaban J connectivity index is 1.92. The smallest absolute Gasteiger partial charge is 0.243 e. The van der Waals surface area contributed by atoms with Gasteiger partial charge in [0, 0.05) is 18.3 Å². The van der Waals surface area contributed by atoms with E-state index in [-0.39, 0.29) is 6.04 Å². The molecule has 2 aliphatic rings. The van der Waals surface area contributed by atoms with Crippen LogP contribution in [0.15, 0.2) is 40.8 Å². The third-order valence-corrected chi connectivity index (χ3v) is 8.39. The lowest BCUT2D eigenvalue weighted by Crippen LogP contribution is -2.46. The quantitative estimate of drug-likeness (QED) is 0.578. The molecule has 1 aromatic rings. The van der Waals surface area contributed by atoms with Gasteiger partial charge in [-0.25, -0.2) is 8.42 Å². The zero-order valence-corrected chi connectivity index (χ0v) is 17.7. The summed E-state index contributed by atoms with van der Waals surface area (Å²) in [6.07, 6.45) is 8.79. The average Bonchev–Trinajstić information content (AvgIpc) is 2.62. The van der Waals surface area contributed by atoms with Crippen molar-refractivity contribution >= 4 is 15.7 Å². The van der Waals surface area contributed by atoms with E-state index in [1.807, 2.05) is 4.31 Å². The predicted octanol–water partition coefficient (Wildman–Crippen LogP) is 4.83. The van der Waals surface area contributed by atoms with Crippen molar-refractivity contribution in [3.05, 3.63) is 35.9 Å². The molecule has 0 radical (unpaired) electrons. The Morgan fingerprint density at radius 3 is 2.30 bits per heavy atom. The summed E-state index contributed by atoms with van der Waals surface area (Å²) < 4.78 is 29.0. The van der Waals surface area contributed by atoms with Gasteiger partial charge < -0.3 is 5.73 Å². The topological polar surface area (TPSA) is 63.4 Å². The van der Waals surface area contributed by atoms with Gasteiger partial charge in [0.2, 0.25) is 10.0 Å². The molecule has 0 unspecified atom stereocenters. The van der Waals surface area contributed by atoms with Gasteiger partial charge in [0.15, 0.2) is 0 Å². The summed E-state index contributed by atoms with van der Waals surface area (Å²) in [5.74, 6) is 1.26. The van der Waals surface area contributed by atoms with Gasteiger partial charge in [-0.2, -0.15) is 4.31 Å². The molecule has 0 bridgehead atoms. The number of sulfonamides is 1. The maximum atomic E-state index is 13.6. The Bertz CT molecular complexity index is 764. The minimum atomic E-state index is -3.52. The molecular formula is C22H34N2O2S. The van der Waals surface area contributed by atoms with E-state index in [0.29, 0.717) is 34.9 Å². The fourth-order valence-corrected chi connectivity index (χ4v) is 6.68. The number of allylic oxidation sites excluding steroid dienone is 2. The second-order valence-corrected chi connectivity index (χ2v) is 10.5. The van der Waals surface area contributed by atoms with Crippen LogP contribution in [-0.2, 0) is 10.0 Å². The lowest BCUT2D eigenvalue weighted by atomic mass is 9.75. The minimum absolute atomic E-state index is 0.118. The average molecular weight is 391 g/mol. The summed E-state index contributed by atoms with van der Waals surface area (Å²) in [6, 6.07) is 6.79. The van der Waals surface area contributed by atoms with Crippen molar-refractivity contribution in [2.75, 3.05) is 12.3 Å². The molecule has 0 aromatic heterocycles. The predicted molar refractivity (Wildman–Crippen MR) is 112 cm³/mol. The van der Waals surface area contributed by atoms with E-state index < -0.39 is 10.0 Å². The van der Waals surface area contributed by atoms with Crippen molar-refractivity contribution in [2.24, 2.45) is 17.8 Å². The van der Waals surface area contributed by atoms with Crippen LogP contribution in [0.4, 0.5) is 5.69 Å². The number of benzene rings is 1. The van der Waals surface area contributed by atoms with E-state index in [9.17, 15) is 8.42 Å². The number of nitrogen functional groups attached to an aromatic ring is 1. The van der Waals surface area contributed by atoms with Gasteiger partial charge >= 0.3 is 0 Å². The highest BCUT2D eigenvalue weighted by Gasteiger charge is 2.37. The van der Waals surface area contributed by atoms with Gasteiger partial charge in [0.05, 0.1) is 4.90 Å². The molecule has 1 aromatic carbocycles. The standard InChI is InChI=1S/C22H34N2O2S/c1-16-13-17(2)22(18(3)14-16)15-24(20-7-5-4-6-8-20)27(25,26)21-11-9-19(23)10-12-21/h9-13,17-18,20,22H,4-8,14-15,23H2,1-3H3/t17-,18+,22-/m1/s1. The van der Waals surface area contributed by atoms with E-state index in [1.165, 1.54) is 12.0 Å². The number of hydrogen-bond donors (Lipinski definition) is 1. The van der Waals surface area contributed by atoms with Gasteiger partial charge in [0.25, 0.3) is 0 Å². The van der Waals surface area contributed by atoms with Crippen LogP contribution in [0.5, 0.6) is 0 Å². The molecule has 5 heteroatoms. The van der Waals surface area contributed by atoms with E-state index in [0.717, 1.165) is 32.1 Å². The van der Waals surface area contributed by atoms with Crippen molar-refractivity contribution in [1.82, 2.24) is 4.31 Å². The lowest BCUT2D eigenvalue weighted by molar-refractivity contribution is 0.170. The molecule has 2 N–H and O–H groups in total. The molecule has 0 spiro atoms. The van der Waals surface area contributed by atoms with E-state index in [1.54, 1.807) is 24.3 Å². The molecule has 0 saturated heterocycles. The van der Waals surface area contributed by atoms with Crippen molar-refractivity contribution in [3.63, 3.8) is 0 Å². The summed E-state index contributed by atoms with van der Waals surface area (Å²) in [7, 11) is -3.52. The normalized spacial score (nSPS) is 27.6. The molecule has 2 aliphatic carbocycles. The van der Waals surface area contributed by atoms with Crippen molar-refractivity contribution in [2.45, 2.75) is 70.2 Å². The van der Waals surface area contributed by atoms with Crippen molar-refractivity contribution in [3.8, 4) is 0 Å². The van der Waals surface area contributed by atoms with E-state index >= 15 is 0 Å². The van der Waals surface area contributed by atoms with Crippen molar-refractivity contribution in [1.29, 1.82) is 0 Å². The van der Waals surface area contributed by atoms with Gasteiger partial charge in [-0.05, 0) is 68.2 Å². The maximum Gasteiger partial charge on any atom is 0.243 e. The first-order chi connectivity index (χ1) is 12.8. The molecule has 0 aliphatic heterocycles. The number of nitrogens with zero attached hydrogens (tertiary/aromatic N) is 1. The summed E-state index contributed by atoms with van der Waals surface area (Å²) in [5.41, 5.74) is 7.79. The van der Waals surface area contributed by atoms with Crippen LogP contribution in [-0.4, -0.2) is 25.3 Å². The molecule has 0 amide bonds. The molecule has 1 fully saturated rings. The second kappa shape index (κ2) is 8.36. The van der Waals surface area contributed by atoms with E-state index in [2.05, 4.69) is 26.8 Å². The molecule has 4 nitrogen and oxygen atoms in total. The summed E-state index contributed by atoms with van der Waals surface area (Å²) in [6.45, 7) is 7.31. The first kappa shape index (κ1) is 20.4. The Labute approximate surface area is 164 Å². The maximum absolute atomic E-state index is 13.6. The third-order valence-electron chi connectivity index (χ3n) is 6.46. The summed E-state index contributed by atoms with van der Waals surface area (Å²) >= 11 is 0. The molecule has 1 saturated carbocycles. The molecule has 3 atom stereocenters. The summed E-state index contributed by atoms with van der Waals surface area (Å²) in [4.78, 5) is 0.366. The third kappa shape index (κ3) is 4.57. The number of anilines is 1. The van der Waals surface area contributed by atoms with Crippen LogP contribution in [0.3, 0.4) is 0 Å². The van der Waals surface area contributed by atoms with Crippen LogP contribution in [0.2, 0.25) is 0 Å². The summed E-state index contributed by atoms with van der Waals surface area (Å²) in [5, 5.41) is 0. The number of nitrogens with two attached hydrogens (primary N) is 1. The Kier molecular flexibility index (Phi) is 6.32. The van der Waals surface area contributed by atoms with Gasteiger partial charge in [-0.15, -0.1) is 0 Å². The SMILES string of the molecule is CC1=C[C@@H](C)[C@@H](CN(C2CCCCC2)S(=O)(=O)c2ccc(N)cc2)[C@@H](C)C1. The fraction of sp³-hybridized carbons (Fsp3) is 0.636. The lowest BCUT2D eigenvalue weighted by Gasteiger charge is -2.40. The highest BCUT2D eigenvalue weighted by atomic mass is 32.2. The molecular weight excluding hydrogens is 356 g/mol. The van der Waals surface area contributed by atoms with Crippen LogP contribution < -0.4 is 5.73 Å². The zero-order chi connectivity index (χ0) is 19.6. The first-order valence-electron chi connectivity index (χ1n) is 10.3. The van der Waals surface area contributed by atoms with E-state index in [4.69, 9.17) is 5.73 Å².